The van der Waals surface area contributed by atoms with E-state index >= 15 is 0 Å². The Hall–Kier alpha value is -3.29. The summed E-state index contributed by atoms with van der Waals surface area (Å²) in [6.07, 6.45) is 3.43. The number of amides is 1. The van der Waals surface area contributed by atoms with Crippen molar-refractivity contribution in [1.29, 1.82) is 0 Å². The van der Waals surface area contributed by atoms with Gasteiger partial charge >= 0.3 is 0 Å². The molecule has 0 N–H and O–H groups in total. The third-order valence-corrected chi connectivity index (χ3v) is 4.80. The Morgan fingerprint density at radius 2 is 2.08 bits per heavy atom. The number of aryl methyl sites for hydroxylation is 1. The minimum atomic E-state index is -0.486. The molecule has 0 spiro atoms. The summed E-state index contributed by atoms with van der Waals surface area (Å²) in [5.41, 5.74) is 1.18. The summed E-state index contributed by atoms with van der Waals surface area (Å²) in [5, 5.41) is 19.9. The maximum Gasteiger partial charge on any atom is 0.285 e. The molecule has 3 heterocycles. The van der Waals surface area contributed by atoms with Gasteiger partial charge in [-0.15, -0.1) is 10.2 Å². The minimum Gasteiger partial charge on any atom is -0.328 e. The zero-order chi connectivity index (χ0) is 18.3. The molecule has 0 saturated carbocycles. The first-order valence-electron chi connectivity index (χ1n) is 8.42. The fourth-order valence-corrected chi connectivity index (χ4v) is 3.59. The van der Waals surface area contributed by atoms with Crippen molar-refractivity contribution in [2.45, 2.75) is 25.8 Å². The van der Waals surface area contributed by atoms with Crippen LogP contribution >= 0.6 is 0 Å². The van der Waals surface area contributed by atoms with Gasteiger partial charge in [0.15, 0.2) is 11.5 Å². The Balaban J connectivity index is 1.75. The largest absolute Gasteiger partial charge is 0.328 e. The maximum atomic E-state index is 13.1. The molecule has 1 aliphatic heterocycles. The summed E-state index contributed by atoms with van der Waals surface area (Å²) in [4.78, 5) is 25.8. The lowest BCUT2D eigenvalue weighted by Gasteiger charge is -2.23. The first-order chi connectivity index (χ1) is 12.6. The number of fused-ring (bicyclic) bond motifs is 1. The average molecular weight is 351 g/mol. The normalized spacial score (nSPS) is 17.0. The Morgan fingerprint density at radius 1 is 1.23 bits per heavy atom. The lowest BCUT2D eigenvalue weighted by atomic mass is 10.1. The molecule has 3 aromatic rings. The van der Waals surface area contributed by atoms with Crippen molar-refractivity contribution in [3.8, 4) is 0 Å². The zero-order valence-corrected chi connectivity index (χ0v) is 14.2. The molecule has 4 rings (SSSR count). The Labute approximate surface area is 149 Å². The number of hydrogen-bond donors (Lipinski definition) is 0. The van der Waals surface area contributed by atoms with E-state index in [0.717, 1.165) is 12.8 Å². The van der Waals surface area contributed by atoms with Crippen molar-refractivity contribution in [1.82, 2.24) is 19.5 Å². The number of hydrogen-bond acceptors (Lipinski definition) is 5. The van der Waals surface area contributed by atoms with Crippen LogP contribution in [0.1, 0.15) is 40.6 Å². The lowest BCUT2D eigenvalue weighted by Crippen LogP contribution is -2.32. The van der Waals surface area contributed by atoms with Crippen LogP contribution in [0.5, 0.6) is 0 Å². The van der Waals surface area contributed by atoms with Gasteiger partial charge in [0.05, 0.1) is 11.0 Å². The van der Waals surface area contributed by atoms with Gasteiger partial charge < -0.3 is 4.90 Å². The topological polar surface area (TPSA) is 93.6 Å². The summed E-state index contributed by atoms with van der Waals surface area (Å²) in [5.74, 6) is 0.345. The van der Waals surface area contributed by atoms with E-state index in [1.54, 1.807) is 24.0 Å². The van der Waals surface area contributed by atoms with Crippen molar-refractivity contribution in [2.75, 3.05) is 6.54 Å². The summed E-state index contributed by atoms with van der Waals surface area (Å²) >= 11 is 0. The molecule has 8 heteroatoms. The minimum absolute atomic E-state index is 0.121. The fourth-order valence-electron chi connectivity index (χ4n) is 3.59. The van der Waals surface area contributed by atoms with Crippen molar-refractivity contribution in [3.05, 3.63) is 69.7 Å². The molecule has 0 aliphatic carbocycles. The van der Waals surface area contributed by atoms with Crippen LogP contribution in [0.2, 0.25) is 0 Å². The monoisotopic (exact) mass is 351 g/mol. The molecule has 0 unspecified atom stereocenters. The summed E-state index contributed by atoms with van der Waals surface area (Å²) in [6.45, 7) is 2.18. The van der Waals surface area contributed by atoms with Crippen LogP contribution in [0.3, 0.4) is 0 Å². The molecule has 0 radical (unpaired) electrons. The number of likely N-dealkylation sites (tertiary alicyclic amines) is 1. The van der Waals surface area contributed by atoms with Gasteiger partial charge in [0.25, 0.3) is 11.6 Å². The van der Waals surface area contributed by atoms with Gasteiger partial charge in [0.1, 0.15) is 5.56 Å². The highest BCUT2D eigenvalue weighted by atomic mass is 16.6. The number of para-hydroxylation sites is 1. The van der Waals surface area contributed by atoms with Gasteiger partial charge in [-0.1, -0.05) is 18.2 Å². The Kier molecular flexibility index (Phi) is 3.87. The van der Waals surface area contributed by atoms with Crippen LogP contribution in [-0.4, -0.2) is 36.9 Å². The molecule has 1 aromatic carbocycles. The molecule has 1 aliphatic rings. The van der Waals surface area contributed by atoms with Gasteiger partial charge in [-0.2, -0.15) is 0 Å². The van der Waals surface area contributed by atoms with Gasteiger partial charge in [-0.05, 0) is 38.0 Å². The highest BCUT2D eigenvalue weighted by molar-refractivity contribution is 5.99. The van der Waals surface area contributed by atoms with E-state index in [4.69, 9.17) is 0 Å². The fraction of sp³-hybridized carbons (Fsp3) is 0.278. The van der Waals surface area contributed by atoms with E-state index in [1.165, 1.54) is 6.07 Å². The molecule has 1 atom stereocenters. The van der Waals surface area contributed by atoms with E-state index in [1.807, 2.05) is 28.8 Å². The lowest BCUT2D eigenvalue weighted by molar-refractivity contribution is -0.385. The first-order valence-corrected chi connectivity index (χ1v) is 8.42. The maximum absolute atomic E-state index is 13.1. The van der Waals surface area contributed by atoms with Crippen molar-refractivity contribution < 1.29 is 9.72 Å². The zero-order valence-electron chi connectivity index (χ0n) is 14.2. The number of pyridine rings is 1. The van der Waals surface area contributed by atoms with Gasteiger partial charge in [-0.25, -0.2) is 0 Å². The van der Waals surface area contributed by atoms with E-state index in [0.29, 0.717) is 23.6 Å². The number of benzene rings is 1. The number of rotatable bonds is 3. The molecule has 26 heavy (non-hydrogen) atoms. The van der Waals surface area contributed by atoms with Gasteiger partial charge in [-0.3, -0.25) is 19.3 Å². The van der Waals surface area contributed by atoms with Crippen LogP contribution in [0.15, 0.2) is 42.6 Å². The van der Waals surface area contributed by atoms with Crippen molar-refractivity contribution in [2.24, 2.45) is 0 Å². The molecule has 2 aromatic heterocycles. The highest BCUT2D eigenvalue weighted by Crippen LogP contribution is 2.34. The van der Waals surface area contributed by atoms with Crippen LogP contribution in [0.25, 0.3) is 5.65 Å². The predicted octanol–water partition coefficient (Wildman–Crippen LogP) is 2.92. The van der Waals surface area contributed by atoms with Crippen LogP contribution in [-0.2, 0) is 0 Å². The third kappa shape index (κ3) is 2.50. The second-order valence-electron chi connectivity index (χ2n) is 6.37. The number of nitro groups is 1. The predicted molar refractivity (Wildman–Crippen MR) is 93.8 cm³/mol. The number of nitro benzene ring substituents is 1. The second kappa shape index (κ2) is 6.21. The third-order valence-electron chi connectivity index (χ3n) is 4.80. The number of carbonyl (C=O) groups excluding carboxylic acids is 1. The molecule has 8 nitrogen and oxygen atoms in total. The average Bonchev–Trinajstić information content (AvgIpc) is 3.27. The summed E-state index contributed by atoms with van der Waals surface area (Å²) in [6, 6.07) is 10.2. The first kappa shape index (κ1) is 16.2. The standard InChI is InChI=1S/C18H17N5O3/c1-12-6-4-7-13(16(12)23(25)26)18(24)21-11-5-8-14(21)17-20-19-15-9-2-3-10-22(15)17/h2-4,6-7,9-10,14H,5,8,11H2,1H3/t14-/m1/s1. The quantitative estimate of drug-likeness (QED) is 0.534. The Bertz CT molecular complexity index is 1010. The molecule has 1 fully saturated rings. The molecular formula is C18H17N5O3. The highest BCUT2D eigenvalue weighted by Gasteiger charge is 2.36. The van der Waals surface area contributed by atoms with Crippen molar-refractivity contribution in [3.63, 3.8) is 0 Å². The molecule has 0 bridgehead atoms. The second-order valence-corrected chi connectivity index (χ2v) is 6.37. The SMILES string of the molecule is Cc1cccc(C(=O)N2CCC[C@@H]2c2nnc3ccccn23)c1[N+](=O)[O-]. The van der Waals surface area contributed by atoms with Crippen LogP contribution < -0.4 is 0 Å². The number of aromatic nitrogens is 3. The summed E-state index contributed by atoms with van der Waals surface area (Å²) in [7, 11) is 0. The van der Waals surface area contributed by atoms with E-state index in [9.17, 15) is 14.9 Å². The molecule has 1 saturated heterocycles. The molecule has 1 amide bonds. The summed E-state index contributed by atoms with van der Waals surface area (Å²) < 4.78 is 1.86. The van der Waals surface area contributed by atoms with E-state index in [2.05, 4.69) is 10.2 Å². The number of carbonyl (C=O) groups is 1. The van der Waals surface area contributed by atoms with Gasteiger partial charge in [0.2, 0.25) is 0 Å². The molecular weight excluding hydrogens is 334 g/mol. The van der Waals surface area contributed by atoms with Crippen LogP contribution in [0.4, 0.5) is 5.69 Å². The molecule has 132 valence electrons. The van der Waals surface area contributed by atoms with E-state index in [-0.39, 0.29) is 23.2 Å². The number of nitrogens with zero attached hydrogens (tertiary/aromatic N) is 5. The van der Waals surface area contributed by atoms with Gasteiger partial charge in [0, 0.05) is 18.3 Å². The Morgan fingerprint density at radius 3 is 2.88 bits per heavy atom. The smallest absolute Gasteiger partial charge is 0.285 e. The van der Waals surface area contributed by atoms with Crippen LogP contribution in [0, 0.1) is 17.0 Å². The van der Waals surface area contributed by atoms with E-state index < -0.39 is 4.92 Å². The van der Waals surface area contributed by atoms with Crippen molar-refractivity contribution >= 4 is 17.2 Å².